The summed E-state index contributed by atoms with van der Waals surface area (Å²) in [5.74, 6) is 0.807. The van der Waals surface area contributed by atoms with Crippen molar-refractivity contribution in [2.75, 3.05) is 16.9 Å². The van der Waals surface area contributed by atoms with Gasteiger partial charge in [0.25, 0.3) is 10.1 Å². The van der Waals surface area contributed by atoms with Gasteiger partial charge >= 0.3 is 6.18 Å². The van der Waals surface area contributed by atoms with Crippen molar-refractivity contribution in [1.29, 1.82) is 0 Å². The number of anilines is 2. The van der Waals surface area contributed by atoms with E-state index in [1.807, 2.05) is 13.8 Å². The fraction of sp³-hybridized carbons (Fsp3) is 0.316. The average Bonchev–Trinajstić information content (AvgIpc) is 2.64. The topological polar surface area (TPSA) is 117 Å². The minimum Gasteiger partial charge on any atom is -0.365 e. The van der Waals surface area contributed by atoms with Crippen LogP contribution in [0.4, 0.5) is 24.9 Å². The maximum absolute atomic E-state index is 13.2. The first kappa shape index (κ1) is 24.3. The Hall–Kier alpha value is -2.99. The molecule has 31 heavy (non-hydrogen) atoms. The number of fused-ring (bicyclic) bond motifs is 1. The molecule has 0 saturated heterocycles. The van der Waals surface area contributed by atoms with E-state index in [0.717, 1.165) is 6.07 Å². The van der Waals surface area contributed by atoms with Gasteiger partial charge in [-0.25, -0.2) is 4.98 Å². The molecule has 0 saturated carbocycles. The molecule has 2 heterocycles. The van der Waals surface area contributed by atoms with E-state index in [1.54, 1.807) is 24.4 Å². The molecular formula is C19H22F3N5O3S. The number of hydrogen-bond donors (Lipinski definition) is 3. The van der Waals surface area contributed by atoms with Gasteiger partial charge in [-0.15, -0.1) is 0 Å². The van der Waals surface area contributed by atoms with E-state index in [2.05, 4.69) is 25.6 Å². The molecule has 0 atom stereocenters. The summed E-state index contributed by atoms with van der Waals surface area (Å²) in [6, 6.07) is 9.09. The van der Waals surface area contributed by atoms with E-state index >= 15 is 0 Å². The number of nitrogens with zero attached hydrogens (tertiary/aromatic N) is 3. The summed E-state index contributed by atoms with van der Waals surface area (Å²) in [5.41, 5.74) is -0.0456. The third kappa shape index (κ3) is 7.98. The van der Waals surface area contributed by atoms with Crippen LogP contribution in [0.2, 0.25) is 0 Å². The molecule has 168 valence electrons. The molecule has 0 aliphatic heterocycles. The minimum absolute atomic E-state index is 0.0161. The number of rotatable bonds is 5. The molecule has 0 fully saturated rings. The van der Waals surface area contributed by atoms with Gasteiger partial charge in [0.2, 0.25) is 5.95 Å². The Morgan fingerprint density at radius 1 is 1.10 bits per heavy atom. The van der Waals surface area contributed by atoms with E-state index < -0.39 is 21.9 Å². The minimum atomic E-state index is -4.40. The quantitative estimate of drug-likeness (QED) is 0.493. The Labute approximate surface area is 177 Å². The molecule has 1 aromatic carbocycles. The van der Waals surface area contributed by atoms with Crippen LogP contribution in [0.5, 0.6) is 0 Å². The number of aromatic nitrogens is 3. The molecule has 0 radical (unpaired) electrons. The molecule has 0 aliphatic rings. The molecule has 0 bridgehead atoms. The summed E-state index contributed by atoms with van der Waals surface area (Å²) in [5, 5.41) is 6.73. The highest BCUT2D eigenvalue weighted by Gasteiger charge is 2.32. The highest BCUT2D eigenvalue weighted by atomic mass is 32.2. The Morgan fingerprint density at radius 2 is 1.74 bits per heavy atom. The summed E-state index contributed by atoms with van der Waals surface area (Å²) in [7, 11) is -3.67. The Morgan fingerprint density at radius 3 is 2.35 bits per heavy atom. The van der Waals surface area contributed by atoms with Crippen molar-refractivity contribution in [2.45, 2.75) is 32.6 Å². The molecule has 3 N–H and O–H groups in total. The van der Waals surface area contributed by atoms with Crippen LogP contribution in [0.15, 0.2) is 42.6 Å². The van der Waals surface area contributed by atoms with Crippen molar-refractivity contribution in [3.63, 3.8) is 0 Å². The molecule has 3 rings (SSSR count). The van der Waals surface area contributed by atoms with Crippen LogP contribution in [0.1, 0.15) is 25.0 Å². The Balaban J connectivity index is 0.000000614. The molecule has 8 nitrogen and oxygen atoms in total. The van der Waals surface area contributed by atoms with E-state index in [1.165, 1.54) is 12.1 Å². The van der Waals surface area contributed by atoms with Gasteiger partial charge in [0.15, 0.2) is 5.65 Å². The third-order valence-electron chi connectivity index (χ3n) is 3.66. The number of alkyl halides is 3. The van der Waals surface area contributed by atoms with Crippen LogP contribution in [0.25, 0.3) is 11.0 Å². The number of nitrogens with one attached hydrogen (secondary N) is 2. The first-order chi connectivity index (χ1) is 14.3. The second-order valence-electron chi connectivity index (χ2n) is 6.81. The SMILES string of the molecule is CC(C)Nc1nc(NCc2ccccc2C(F)(F)F)c2cccnc2n1.CS(=O)(=O)O. The van der Waals surface area contributed by atoms with Crippen LogP contribution < -0.4 is 10.6 Å². The number of benzene rings is 1. The van der Waals surface area contributed by atoms with Crippen LogP contribution >= 0.6 is 0 Å². The van der Waals surface area contributed by atoms with E-state index in [-0.39, 0.29) is 18.2 Å². The summed E-state index contributed by atoms with van der Waals surface area (Å²) in [6.45, 7) is 3.87. The lowest BCUT2D eigenvalue weighted by Crippen LogP contribution is -2.15. The zero-order valence-electron chi connectivity index (χ0n) is 17.0. The van der Waals surface area contributed by atoms with E-state index in [9.17, 15) is 21.6 Å². The molecule has 2 aromatic heterocycles. The molecule has 3 aromatic rings. The summed E-state index contributed by atoms with van der Waals surface area (Å²) in [6.07, 6.45) is -2.08. The number of halogens is 3. The van der Waals surface area contributed by atoms with Gasteiger partial charge in [-0.05, 0) is 37.6 Å². The lowest BCUT2D eigenvalue weighted by atomic mass is 10.1. The zero-order chi connectivity index (χ0) is 23.2. The number of pyridine rings is 1. The van der Waals surface area contributed by atoms with Crippen molar-refractivity contribution in [2.24, 2.45) is 0 Å². The van der Waals surface area contributed by atoms with Crippen LogP contribution in [-0.2, 0) is 22.8 Å². The Bertz CT molecular complexity index is 1130. The van der Waals surface area contributed by atoms with Crippen LogP contribution in [0.3, 0.4) is 0 Å². The standard InChI is InChI=1S/C18H18F3N5.CH4O3S/c1-11(2)24-17-25-15-13(7-5-9-22-15)16(26-17)23-10-12-6-3-4-8-14(12)18(19,20)21;1-5(2,3)4/h3-9,11H,10H2,1-2H3,(H2,22,23,24,25,26);1H3,(H,2,3,4). The smallest absolute Gasteiger partial charge is 0.365 e. The number of hydrogen-bond acceptors (Lipinski definition) is 7. The van der Waals surface area contributed by atoms with Gasteiger partial charge in [-0.2, -0.15) is 31.6 Å². The van der Waals surface area contributed by atoms with Crippen molar-refractivity contribution >= 4 is 32.9 Å². The van der Waals surface area contributed by atoms with Crippen molar-refractivity contribution in [3.8, 4) is 0 Å². The third-order valence-corrected chi connectivity index (χ3v) is 3.66. The molecule has 0 aliphatic carbocycles. The van der Waals surface area contributed by atoms with Crippen molar-refractivity contribution in [1.82, 2.24) is 15.0 Å². The molecule has 0 unspecified atom stereocenters. The highest BCUT2D eigenvalue weighted by Crippen LogP contribution is 2.32. The van der Waals surface area contributed by atoms with Gasteiger partial charge in [0, 0.05) is 18.8 Å². The van der Waals surface area contributed by atoms with E-state index in [0.29, 0.717) is 29.1 Å². The maximum atomic E-state index is 13.2. The molecule has 12 heteroatoms. The average molecular weight is 457 g/mol. The summed E-state index contributed by atoms with van der Waals surface area (Å²) < 4.78 is 65.4. The van der Waals surface area contributed by atoms with Crippen LogP contribution in [0, 0.1) is 0 Å². The Kier molecular flexibility index (Phi) is 7.74. The highest BCUT2D eigenvalue weighted by molar-refractivity contribution is 7.85. The first-order valence-corrected chi connectivity index (χ1v) is 10.9. The molecule has 0 amide bonds. The van der Waals surface area contributed by atoms with Gasteiger partial charge in [0.1, 0.15) is 5.82 Å². The van der Waals surface area contributed by atoms with Gasteiger partial charge in [-0.1, -0.05) is 18.2 Å². The van der Waals surface area contributed by atoms with Gasteiger partial charge in [-0.3, -0.25) is 4.55 Å². The summed E-state index contributed by atoms with van der Waals surface area (Å²) >= 11 is 0. The maximum Gasteiger partial charge on any atom is 0.416 e. The normalized spacial score (nSPS) is 11.7. The van der Waals surface area contributed by atoms with Gasteiger partial charge in [0.05, 0.1) is 17.2 Å². The van der Waals surface area contributed by atoms with Crippen molar-refractivity contribution < 1.29 is 26.1 Å². The second-order valence-corrected chi connectivity index (χ2v) is 8.28. The fourth-order valence-electron chi connectivity index (χ4n) is 2.55. The largest absolute Gasteiger partial charge is 0.416 e. The fourth-order valence-corrected chi connectivity index (χ4v) is 2.55. The predicted octanol–water partition coefficient (Wildman–Crippen LogP) is 3.98. The van der Waals surface area contributed by atoms with Crippen molar-refractivity contribution in [3.05, 3.63) is 53.7 Å². The van der Waals surface area contributed by atoms with Crippen LogP contribution in [-0.4, -0.2) is 40.2 Å². The monoisotopic (exact) mass is 457 g/mol. The zero-order valence-corrected chi connectivity index (χ0v) is 17.8. The summed E-state index contributed by atoms with van der Waals surface area (Å²) in [4.78, 5) is 12.9. The lowest BCUT2D eigenvalue weighted by Gasteiger charge is -2.15. The van der Waals surface area contributed by atoms with Gasteiger partial charge < -0.3 is 10.6 Å². The molecular weight excluding hydrogens is 435 g/mol. The lowest BCUT2D eigenvalue weighted by molar-refractivity contribution is -0.138. The second kappa shape index (κ2) is 9.88. The first-order valence-electron chi connectivity index (χ1n) is 9.05. The molecule has 0 spiro atoms. The van der Waals surface area contributed by atoms with E-state index in [4.69, 9.17) is 4.55 Å². The predicted molar refractivity (Wildman–Crippen MR) is 112 cm³/mol.